The predicted molar refractivity (Wildman–Crippen MR) is 50.2 cm³/mol. The van der Waals surface area contributed by atoms with Crippen LogP contribution in [0.1, 0.15) is 17.5 Å². The molecule has 2 rings (SSSR count). The molecule has 0 bridgehead atoms. The van der Waals surface area contributed by atoms with E-state index >= 15 is 0 Å². The molecule has 1 aromatic rings. The van der Waals surface area contributed by atoms with Gasteiger partial charge in [-0.25, -0.2) is 9.18 Å². The van der Waals surface area contributed by atoms with Gasteiger partial charge < -0.3 is 5.11 Å². The van der Waals surface area contributed by atoms with Crippen LogP contribution in [-0.2, 0) is 16.9 Å². The third-order valence-corrected chi connectivity index (χ3v) is 2.96. The molecule has 0 amide bonds. The van der Waals surface area contributed by atoms with Gasteiger partial charge in [0.2, 0.25) is 5.67 Å². The molecule has 2 nitrogen and oxygen atoms in total. The lowest BCUT2D eigenvalue weighted by molar-refractivity contribution is -0.151. The first-order valence-electron chi connectivity index (χ1n) is 4.26. The molecule has 4 heteroatoms. The van der Waals surface area contributed by atoms with E-state index < -0.39 is 11.6 Å². The van der Waals surface area contributed by atoms with Crippen LogP contribution in [0.2, 0.25) is 5.02 Å². The van der Waals surface area contributed by atoms with Crippen LogP contribution in [-0.4, -0.2) is 11.1 Å². The van der Waals surface area contributed by atoms with Crippen LogP contribution in [0, 0.1) is 0 Å². The standard InChI is InChI=1S/C10H8ClFO2/c11-8-3-1-2-7-6(8)4-5-10(7,12)9(13)14/h1-3H,4-5H2,(H,13,14). The molecule has 0 spiro atoms. The largest absolute Gasteiger partial charge is 0.479 e. The number of carboxylic acid groups (broad SMARTS) is 1. The van der Waals surface area contributed by atoms with E-state index in [1.165, 1.54) is 6.07 Å². The summed E-state index contributed by atoms with van der Waals surface area (Å²) in [5.74, 6) is -1.43. The second kappa shape index (κ2) is 2.95. The third-order valence-electron chi connectivity index (χ3n) is 2.60. The Labute approximate surface area is 85.3 Å². The molecule has 1 atom stereocenters. The Balaban J connectivity index is 2.60. The first-order chi connectivity index (χ1) is 6.55. The van der Waals surface area contributed by atoms with Gasteiger partial charge in [0.1, 0.15) is 0 Å². The van der Waals surface area contributed by atoms with Crippen molar-refractivity contribution in [1.29, 1.82) is 0 Å². The summed E-state index contributed by atoms with van der Waals surface area (Å²) in [6.07, 6.45) is 0.360. The van der Waals surface area contributed by atoms with Gasteiger partial charge in [-0.15, -0.1) is 0 Å². The molecule has 0 heterocycles. The van der Waals surface area contributed by atoms with Crippen molar-refractivity contribution in [2.45, 2.75) is 18.5 Å². The van der Waals surface area contributed by atoms with Gasteiger partial charge in [-0.1, -0.05) is 23.7 Å². The molecular weight excluding hydrogens is 207 g/mol. The molecule has 0 fully saturated rings. The van der Waals surface area contributed by atoms with Gasteiger partial charge in [-0.2, -0.15) is 0 Å². The zero-order valence-corrected chi connectivity index (χ0v) is 8.01. The van der Waals surface area contributed by atoms with Crippen molar-refractivity contribution in [3.8, 4) is 0 Å². The maximum atomic E-state index is 13.9. The van der Waals surface area contributed by atoms with E-state index in [1.54, 1.807) is 12.1 Å². The zero-order chi connectivity index (χ0) is 10.3. The minimum Gasteiger partial charge on any atom is -0.479 e. The highest BCUT2D eigenvalue weighted by atomic mass is 35.5. The van der Waals surface area contributed by atoms with Crippen LogP contribution < -0.4 is 0 Å². The van der Waals surface area contributed by atoms with Gasteiger partial charge >= 0.3 is 5.97 Å². The van der Waals surface area contributed by atoms with Crippen molar-refractivity contribution in [1.82, 2.24) is 0 Å². The molecule has 1 aliphatic carbocycles. The summed E-state index contributed by atoms with van der Waals surface area (Å²) in [5, 5.41) is 9.24. The molecule has 0 radical (unpaired) electrons. The molecule has 0 saturated carbocycles. The fourth-order valence-corrected chi connectivity index (χ4v) is 2.11. The Kier molecular flexibility index (Phi) is 2.00. The Morgan fingerprint density at radius 1 is 1.57 bits per heavy atom. The highest BCUT2D eigenvalue weighted by Crippen LogP contribution is 2.42. The fraction of sp³-hybridized carbons (Fsp3) is 0.300. The van der Waals surface area contributed by atoms with Crippen molar-refractivity contribution >= 4 is 17.6 Å². The summed E-state index contributed by atoms with van der Waals surface area (Å²) in [7, 11) is 0. The van der Waals surface area contributed by atoms with Crippen LogP contribution >= 0.6 is 11.6 Å². The number of aliphatic carboxylic acids is 1. The molecule has 1 aromatic carbocycles. The van der Waals surface area contributed by atoms with Crippen molar-refractivity contribution in [3.63, 3.8) is 0 Å². The molecule has 1 N–H and O–H groups in total. The number of rotatable bonds is 1. The average molecular weight is 215 g/mol. The van der Waals surface area contributed by atoms with Gasteiger partial charge in [0, 0.05) is 17.0 Å². The zero-order valence-electron chi connectivity index (χ0n) is 7.26. The van der Waals surface area contributed by atoms with Crippen molar-refractivity contribution in [3.05, 3.63) is 34.3 Å². The predicted octanol–water partition coefficient (Wildman–Crippen LogP) is 2.54. The van der Waals surface area contributed by atoms with Crippen LogP contribution in [0.3, 0.4) is 0 Å². The van der Waals surface area contributed by atoms with Gasteiger partial charge in [-0.3, -0.25) is 0 Å². The molecular formula is C10H8ClFO2. The van der Waals surface area contributed by atoms with Crippen LogP contribution in [0.25, 0.3) is 0 Å². The van der Waals surface area contributed by atoms with Crippen LogP contribution in [0.4, 0.5) is 4.39 Å². The average Bonchev–Trinajstić information content (AvgIpc) is 2.47. The quantitative estimate of drug-likeness (QED) is 0.780. The SMILES string of the molecule is O=C(O)C1(F)CCc2c(Cl)cccc21. The summed E-state index contributed by atoms with van der Waals surface area (Å²) in [6, 6.07) is 4.71. The van der Waals surface area contributed by atoms with Gasteiger partial charge in [0.25, 0.3) is 0 Å². The van der Waals surface area contributed by atoms with E-state index in [1.807, 2.05) is 0 Å². The monoisotopic (exact) mass is 214 g/mol. The summed E-state index contributed by atoms with van der Waals surface area (Å²) < 4.78 is 13.9. The highest BCUT2D eigenvalue weighted by Gasteiger charge is 2.46. The van der Waals surface area contributed by atoms with E-state index in [9.17, 15) is 9.18 Å². The Bertz CT molecular complexity index is 405. The smallest absolute Gasteiger partial charge is 0.346 e. The van der Waals surface area contributed by atoms with Crippen molar-refractivity contribution in [2.24, 2.45) is 0 Å². The van der Waals surface area contributed by atoms with Crippen LogP contribution in [0.15, 0.2) is 18.2 Å². The number of hydrogen-bond donors (Lipinski definition) is 1. The van der Waals surface area contributed by atoms with Gasteiger partial charge in [0.15, 0.2) is 0 Å². The van der Waals surface area contributed by atoms with Crippen molar-refractivity contribution in [2.75, 3.05) is 0 Å². The Hall–Kier alpha value is -1.09. The molecule has 0 aromatic heterocycles. The lowest BCUT2D eigenvalue weighted by Gasteiger charge is -2.14. The fourth-order valence-electron chi connectivity index (χ4n) is 1.84. The summed E-state index contributed by atoms with van der Waals surface area (Å²) in [4.78, 5) is 10.8. The first kappa shape index (κ1) is 9.46. The topological polar surface area (TPSA) is 37.3 Å². The summed E-state index contributed by atoms with van der Waals surface area (Å²) >= 11 is 5.84. The number of fused-ring (bicyclic) bond motifs is 1. The highest BCUT2D eigenvalue weighted by molar-refractivity contribution is 6.31. The van der Waals surface area contributed by atoms with Crippen molar-refractivity contribution < 1.29 is 14.3 Å². The summed E-state index contributed by atoms with van der Waals surface area (Å²) in [6.45, 7) is 0. The maximum Gasteiger partial charge on any atom is 0.346 e. The molecule has 1 unspecified atom stereocenters. The minimum absolute atomic E-state index is 0.0264. The number of carbonyl (C=O) groups is 1. The maximum absolute atomic E-state index is 13.9. The van der Waals surface area contributed by atoms with E-state index in [4.69, 9.17) is 16.7 Å². The van der Waals surface area contributed by atoms with Gasteiger partial charge in [-0.05, 0) is 18.1 Å². The third kappa shape index (κ3) is 1.12. The number of halogens is 2. The molecule has 1 aliphatic rings. The first-order valence-corrected chi connectivity index (χ1v) is 4.63. The van der Waals surface area contributed by atoms with Gasteiger partial charge in [0.05, 0.1) is 0 Å². The second-order valence-corrected chi connectivity index (χ2v) is 3.78. The minimum atomic E-state index is -2.25. The molecule has 74 valence electrons. The number of hydrogen-bond acceptors (Lipinski definition) is 1. The normalized spacial score (nSPS) is 24.7. The number of carboxylic acids is 1. The van der Waals surface area contributed by atoms with E-state index in [2.05, 4.69) is 0 Å². The Morgan fingerprint density at radius 2 is 2.29 bits per heavy atom. The lowest BCUT2D eigenvalue weighted by Crippen LogP contribution is -2.27. The lowest BCUT2D eigenvalue weighted by atomic mass is 9.98. The van der Waals surface area contributed by atoms with E-state index in [0.29, 0.717) is 17.0 Å². The van der Waals surface area contributed by atoms with Crippen LogP contribution in [0.5, 0.6) is 0 Å². The number of alkyl halides is 1. The molecule has 14 heavy (non-hydrogen) atoms. The Morgan fingerprint density at radius 3 is 2.93 bits per heavy atom. The van der Waals surface area contributed by atoms with E-state index in [-0.39, 0.29) is 12.0 Å². The molecule has 0 aliphatic heterocycles. The summed E-state index contributed by atoms with van der Waals surface area (Å²) in [5.41, 5.74) is -1.42. The number of benzene rings is 1. The second-order valence-electron chi connectivity index (χ2n) is 3.37. The van der Waals surface area contributed by atoms with E-state index in [0.717, 1.165) is 0 Å². The molecule has 0 saturated heterocycles.